The summed E-state index contributed by atoms with van der Waals surface area (Å²) >= 11 is 0. The van der Waals surface area contributed by atoms with E-state index in [-0.39, 0.29) is 29.6 Å². The predicted octanol–water partition coefficient (Wildman–Crippen LogP) is 4.92. The molecule has 1 fully saturated rings. The largest absolute Gasteiger partial charge is 0.459 e. The highest BCUT2D eigenvalue weighted by Gasteiger charge is 2.47. The van der Waals surface area contributed by atoms with Crippen LogP contribution < -0.4 is 5.32 Å². The first kappa shape index (κ1) is 17.9. The SMILES string of the molecule is CCn1c([C@H]2C[C@@H]2C(=O)N[C@H](C)c2cc3ccc(F)cc3o2)nc2ccccc21. The van der Waals surface area contributed by atoms with Crippen LogP contribution in [0.1, 0.15) is 43.8 Å². The minimum absolute atomic E-state index is 0.00356. The molecule has 5 nitrogen and oxygen atoms in total. The Morgan fingerprint density at radius 1 is 1.31 bits per heavy atom. The third-order valence-electron chi connectivity index (χ3n) is 5.75. The maximum atomic E-state index is 13.4. The minimum Gasteiger partial charge on any atom is -0.459 e. The van der Waals surface area contributed by atoms with E-state index in [9.17, 15) is 9.18 Å². The second-order valence-electron chi connectivity index (χ2n) is 7.71. The summed E-state index contributed by atoms with van der Waals surface area (Å²) in [5.41, 5.74) is 2.57. The van der Waals surface area contributed by atoms with E-state index in [2.05, 4.69) is 22.9 Å². The normalized spacial score (nSPS) is 19.6. The number of carbonyl (C=O) groups excluding carboxylic acids is 1. The van der Waals surface area contributed by atoms with Gasteiger partial charge in [0.2, 0.25) is 5.91 Å². The number of imidazole rings is 1. The topological polar surface area (TPSA) is 60.1 Å². The number of benzene rings is 2. The average molecular weight is 391 g/mol. The number of aryl methyl sites for hydroxylation is 1. The third kappa shape index (κ3) is 3.09. The smallest absolute Gasteiger partial charge is 0.224 e. The number of halogens is 1. The van der Waals surface area contributed by atoms with Gasteiger partial charge in [-0.15, -0.1) is 0 Å². The van der Waals surface area contributed by atoms with Gasteiger partial charge in [-0.1, -0.05) is 12.1 Å². The van der Waals surface area contributed by atoms with E-state index in [0.29, 0.717) is 11.3 Å². The van der Waals surface area contributed by atoms with Crippen LogP contribution in [0.2, 0.25) is 0 Å². The molecule has 0 aliphatic heterocycles. The summed E-state index contributed by atoms with van der Waals surface area (Å²) < 4.78 is 21.3. The zero-order valence-corrected chi connectivity index (χ0v) is 16.4. The molecule has 3 atom stereocenters. The van der Waals surface area contributed by atoms with Crippen molar-refractivity contribution in [1.29, 1.82) is 0 Å². The Morgan fingerprint density at radius 2 is 2.14 bits per heavy atom. The number of nitrogens with zero attached hydrogens (tertiary/aromatic N) is 2. The molecule has 1 N–H and O–H groups in total. The molecule has 148 valence electrons. The van der Waals surface area contributed by atoms with Gasteiger partial charge in [0, 0.05) is 29.8 Å². The summed E-state index contributed by atoms with van der Waals surface area (Å²) in [5, 5.41) is 3.86. The highest BCUT2D eigenvalue weighted by molar-refractivity contribution is 5.84. The molecule has 1 aliphatic carbocycles. The van der Waals surface area contributed by atoms with Gasteiger partial charge in [-0.3, -0.25) is 4.79 Å². The zero-order chi connectivity index (χ0) is 20.1. The fourth-order valence-corrected chi connectivity index (χ4v) is 4.11. The Bertz CT molecular complexity index is 1230. The van der Waals surface area contributed by atoms with Gasteiger partial charge in [-0.25, -0.2) is 9.37 Å². The van der Waals surface area contributed by atoms with Crippen molar-refractivity contribution in [2.45, 2.75) is 38.8 Å². The molecule has 6 heteroatoms. The van der Waals surface area contributed by atoms with Crippen LogP contribution in [-0.2, 0) is 11.3 Å². The fourth-order valence-electron chi connectivity index (χ4n) is 4.11. The summed E-state index contributed by atoms with van der Waals surface area (Å²) in [5.74, 6) is 1.33. The van der Waals surface area contributed by atoms with Crippen LogP contribution in [0.3, 0.4) is 0 Å². The predicted molar refractivity (Wildman–Crippen MR) is 109 cm³/mol. The van der Waals surface area contributed by atoms with Crippen LogP contribution in [0.4, 0.5) is 4.39 Å². The summed E-state index contributed by atoms with van der Waals surface area (Å²) in [6, 6.07) is 14.1. The molecule has 5 rings (SSSR count). The second-order valence-corrected chi connectivity index (χ2v) is 7.71. The van der Waals surface area contributed by atoms with Gasteiger partial charge < -0.3 is 14.3 Å². The molecule has 4 aromatic rings. The molecule has 0 spiro atoms. The first-order valence-electron chi connectivity index (χ1n) is 9.99. The minimum atomic E-state index is -0.338. The van der Waals surface area contributed by atoms with Crippen LogP contribution in [0, 0.1) is 11.7 Å². The Hall–Kier alpha value is -3.15. The molecule has 0 unspecified atom stereocenters. The standard InChI is InChI=1S/C23H22FN3O2/c1-3-27-19-7-5-4-6-18(19)26-22(27)16-12-17(16)23(28)25-13(2)20-10-14-8-9-15(24)11-21(14)29-20/h4-11,13,16-17H,3,12H2,1-2H3,(H,25,28)/t13-,16+,17+/m1/s1. The van der Waals surface area contributed by atoms with Crippen LogP contribution in [-0.4, -0.2) is 15.5 Å². The van der Waals surface area contributed by atoms with Crippen LogP contribution in [0.5, 0.6) is 0 Å². The first-order valence-corrected chi connectivity index (χ1v) is 9.99. The second kappa shape index (κ2) is 6.72. The molecular weight excluding hydrogens is 369 g/mol. The van der Waals surface area contributed by atoms with E-state index >= 15 is 0 Å². The van der Waals surface area contributed by atoms with Gasteiger partial charge in [-0.05, 0) is 50.6 Å². The van der Waals surface area contributed by atoms with Gasteiger partial charge in [0.05, 0.1) is 17.1 Å². The maximum Gasteiger partial charge on any atom is 0.224 e. The van der Waals surface area contributed by atoms with Crippen molar-refractivity contribution in [2.75, 3.05) is 0 Å². The van der Waals surface area contributed by atoms with E-state index in [1.807, 2.05) is 31.2 Å². The quantitative estimate of drug-likeness (QED) is 0.525. The monoisotopic (exact) mass is 391 g/mol. The Kier molecular flexibility index (Phi) is 4.15. The van der Waals surface area contributed by atoms with E-state index < -0.39 is 0 Å². The molecule has 0 saturated heterocycles. The Morgan fingerprint density at radius 3 is 2.97 bits per heavy atom. The van der Waals surface area contributed by atoms with Crippen molar-refractivity contribution in [3.8, 4) is 0 Å². The van der Waals surface area contributed by atoms with Crippen LogP contribution >= 0.6 is 0 Å². The lowest BCUT2D eigenvalue weighted by Crippen LogP contribution is -2.28. The lowest BCUT2D eigenvalue weighted by atomic mass is 10.2. The first-order chi connectivity index (χ1) is 14.0. The van der Waals surface area contributed by atoms with Gasteiger partial charge in [0.25, 0.3) is 0 Å². The van der Waals surface area contributed by atoms with Crippen molar-refractivity contribution in [3.63, 3.8) is 0 Å². The molecule has 2 aromatic carbocycles. The Labute approximate surface area is 167 Å². The number of rotatable bonds is 5. The third-order valence-corrected chi connectivity index (χ3v) is 5.75. The van der Waals surface area contributed by atoms with Crippen molar-refractivity contribution in [1.82, 2.24) is 14.9 Å². The molecule has 1 amide bonds. The maximum absolute atomic E-state index is 13.4. The average Bonchev–Trinajstić information content (AvgIpc) is 3.25. The molecule has 1 aliphatic rings. The summed E-state index contributed by atoms with van der Waals surface area (Å²) in [6.45, 7) is 4.80. The number of amides is 1. The Balaban J connectivity index is 1.32. The van der Waals surface area contributed by atoms with E-state index in [0.717, 1.165) is 35.2 Å². The van der Waals surface area contributed by atoms with Gasteiger partial charge >= 0.3 is 0 Å². The number of para-hydroxylation sites is 2. The molecule has 2 heterocycles. The summed E-state index contributed by atoms with van der Waals surface area (Å²) in [6.07, 6.45) is 0.799. The van der Waals surface area contributed by atoms with Gasteiger partial charge in [0.1, 0.15) is 23.0 Å². The molecule has 0 bridgehead atoms. The number of hydrogen-bond donors (Lipinski definition) is 1. The fraction of sp³-hybridized carbons (Fsp3) is 0.304. The number of carbonyl (C=O) groups is 1. The van der Waals surface area contributed by atoms with E-state index in [4.69, 9.17) is 9.40 Å². The van der Waals surface area contributed by atoms with Crippen LogP contribution in [0.25, 0.3) is 22.0 Å². The van der Waals surface area contributed by atoms with E-state index in [1.54, 1.807) is 6.07 Å². The highest BCUT2D eigenvalue weighted by atomic mass is 19.1. The molecule has 2 aromatic heterocycles. The molecule has 0 radical (unpaired) electrons. The van der Waals surface area contributed by atoms with Crippen molar-refractivity contribution < 1.29 is 13.6 Å². The number of furan rings is 1. The number of fused-ring (bicyclic) bond motifs is 2. The van der Waals surface area contributed by atoms with Gasteiger partial charge in [0.15, 0.2) is 0 Å². The number of nitrogens with one attached hydrogen (secondary N) is 1. The number of aromatic nitrogens is 2. The summed E-state index contributed by atoms with van der Waals surface area (Å²) in [7, 11) is 0. The van der Waals surface area contributed by atoms with E-state index in [1.165, 1.54) is 12.1 Å². The molecular formula is C23H22FN3O2. The molecule has 29 heavy (non-hydrogen) atoms. The van der Waals surface area contributed by atoms with Crippen molar-refractivity contribution >= 4 is 27.9 Å². The van der Waals surface area contributed by atoms with Crippen molar-refractivity contribution in [3.05, 3.63) is 65.9 Å². The summed E-state index contributed by atoms with van der Waals surface area (Å²) in [4.78, 5) is 17.6. The highest BCUT2D eigenvalue weighted by Crippen LogP contribution is 2.48. The number of hydrogen-bond acceptors (Lipinski definition) is 3. The lowest BCUT2D eigenvalue weighted by molar-refractivity contribution is -0.123. The zero-order valence-electron chi connectivity index (χ0n) is 16.4. The van der Waals surface area contributed by atoms with Crippen molar-refractivity contribution in [2.24, 2.45) is 5.92 Å². The molecule has 1 saturated carbocycles. The lowest BCUT2D eigenvalue weighted by Gasteiger charge is -2.11. The van der Waals surface area contributed by atoms with Gasteiger partial charge in [-0.2, -0.15) is 0 Å². The van der Waals surface area contributed by atoms with Crippen LogP contribution in [0.15, 0.2) is 52.9 Å².